The fourth-order valence-electron chi connectivity index (χ4n) is 14.1. The van der Waals surface area contributed by atoms with Gasteiger partial charge in [-0.15, -0.1) is 0 Å². The molecule has 15 unspecified atom stereocenters. The second-order valence-corrected chi connectivity index (χ2v) is 28.8. The van der Waals surface area contributed by atoms with Crippen LogP contribution in [0.2, 0.25) is 0 Å². The summed E-state index contributed by atoms with van der Waals surface area (Å²) in [5.41, 5.74) is -3.20. The highest BCUT2D eigenvalue weighted by Crippen LogP contribution is 2.61. The van der Waals surface area contributed by atoms with E-state index in [0.717, 1.165) is 19.3 Å². The van der Waals surface area contributed by atoms with Gasteiger partial charge in [-0.1, -0.05) is 0 Å². The number of hydrogen-bond acceptors (Lipinski definition) is 28. The Morgan fingerprint density at radius 2 is 0.602 bits per heavy atom. The lowest BCUT2D eigenvalue weighted by Crippen LogP contribution is -2.47. The summed E-state index contributed by atoms with van der Waals surface area (Å²) in [5.74, 6) is -8.36. The summed E-state index contributed by atoms with van der Waals surface area (Å²) in [6.45, 7) is -3.97. The first kappa shape index (κ1) is 63.8. The Bertz CT molecular complexity index is 2420. The van der Waals surface area contributed by atoms with Crippen molar-refractivity contribution in [2.45, 2.75) is 92.8 Å². The van der Waals surface area contributed by atoms with E-state index in [-0.39, 0.29) is 107 Å². The summed E-state index contributed by atoms with van der Waals surface area (Å²) in [4.78, 5) is 154. The molecule has 3 saturated heterocycles. The molecule has 458 valence electrons. The minimum absolute atomic E-state index is 0.0190. The zero-order chi connectivity index (χ0) is 59.2. The van der Waals surface area contributed by atoms with Crippen LogP contribution in [-0.4, -0.2) is 175 Å². The highest BCUT2D eigenvalue weighted by molar-refractivity contribution is 8.00. The monoisotopic (exact) mass is 1270 g/mol. The molecule has 0 radical (unpaired) electrons. The van der Waals surface area contributed by atoms with Gasteiger partial charge in [-0.25, -0.2) is 0 Å². The van der Waals surface area contributed by atoms with Crippen molar-refractivity contribution in [3.63, 3.8) is 0 Å². The maximum Gasteiger partial charge on any atom is 0.317 e. The van der Waals surface area contributed by atoms with Crippen LogP contribution in [0, 0.1) is 81.8 Å². The number of carbonyl (C=O) groups is 12. The van der Waals surface area contributed by atoms with E-state index in [1.165, 1.54) is 35.3 Å². The highest BCUT2D eigenvalue weighted by Gasteiger charge is 2.65. The van der Waals surface area contributed by atoms with Crippen LogP contribution in [0.15, 0.2) is 0 Å². The largest absolute Gasteiger partial charge is 0.465 e. The molecule has 9 rings (SSSR count). The minimum atomic E-state index is -1.62. The Hall–Kier alpha value is -3.70. The lowest BCUT2D eigenvalue weighted by atomic mass is 9.81. The number of fused-ring (bicyclic) bond motifs is 15. The number of cyclic esters (lactones) is 6. The van der Waals surface area contributed by atoms with Crippen LogP contribution >= 0.6 is 73.2 Å². The number of rotatable bonds is 34. The highest BCUT2D eigenvalue weighted by atomic mass is 32.2. The van der Waals surface area contributed by atoms with Gasteiger partial charge in [0, 0.05) is 50.3 Å². The number of thioether (sulfide) groups is 3. The molecule has 9 fully saturated rings. The van der Waals surface area contributed by atoms with Crippen molar-refractivity contribution in [2.24, 2.45) is 81.8 Å². The van der Waals surface area contributed by atoms with Gasteiger partial charge in [0.2, 0.25) is 0 Å². The molecule has 3 aliphatic heterocycles. The number of hydrogen-bond donors (Lipinski definition) is 3. The van der Waals surface area contributed by atoms with E-state index < -0.39 is 171 Å². The molecule has 22 nitrogen and oxygen atoms in total. The number of thiol groups is 3. The zero-order valence-corrected chi connectivity index (χ0v) is 50.7. The summed E-state index contributed by atoms with van der Waals surface area (Å²) in [7, 11) is 0. The second kappa shape index (κ2) is 28.4. The maximum absolute atomic E-state index is 13.7. The van der Waals surface area contributed by atoms with Crippen molar-refractivity contribution < 1.29 is 105 Å². The molecule has 0 N–H and O–H groups in total. The van der Waals surface area contributed by atoms with E-state index in [0.29, 0.717) is 36.5 Å². The third-order valence-corrected chi connectivity index (χ3v) is 22.9. The molecule has 3 heterocycles. The van der Waals surface area contributed by atoms with Crippen LogP contribution in [-0.2, 0) is 105 Å². The van der Waals surface area contributed by atoms with Gasteiger partial charge in [0.1, 0.15) is 39.6 Å². The molecule has 0 aromatic heterocycles. The molecule has 28 heteroatoms. The van der Waals surface area contributed by atoms with Crippen LogP contribution in [0.5, 0.6) is 0 Å². The summed E-state index contributed by atoms with van der Waals surface area (Å²) >= 11 is 17.0. The number of carbonyl (C=O) groups excluding carboxylic acids is 12. The molecule has 9 aliphatic rings. The van der Waals surface area contributed by atoms with Gasteiger partial charge in [0.25, 0.3) is 0 Å². The summed E-state index contributed by atoms with van der Waals surface area (Å²) < 4.78 is 56.0. The molecule has 6 bridgehead atoms. The summed E-state index contributed by atoms with van der Waals surface area (Å²) in [6.07, 6.45) is 3.73. The quantitative estimate of drug-likeness (QED) is 0.0358. The summed E-state index contributed by atoms with van der Waals surface area (Å²) in [5, 5.41) is 0.0664. The van der Waals surface area contributed by atoms with Gasteiger partial charge < -0.3 is 47.4 Å². The van der Waals surface area contributed by atoms with Crippen LogP contribution in [0.4, 0.5) is 0 Å². The lowest BCUT2D eigenvalue weighted by molar-refractivity contribution is -0.175. The Kier molecular flexibility index (Phi) is 21.8. The standard InChI is InChI=1S/C55H70O22S6/c56-36(1-7-78)69-21-54(22-70-37(57)2-8-79,24-72-39(59)4-10-81-33-16-27-13-30(33)45-42(27)48(62)75-51(45)65)19-68-20-55(23-71-38(58)3-9-80,25-73-40(60)5-11-82-34-17-28-14-31(34)46-43(28)49(63)76-52(46)66)26-74-41(61)6-12-83-35-18-29-15-32(35)47-44(29)50(64)77-53(47)67/h27-35,42-47,78-80H,1-26H2. The lowest BCUT2D eigenvalue weighted by Gasteiger charge is -2.35. The Morgan fingerprint density at radius 3 is 0.855 bits per heavy atom. The maximum atomic E-state index is 13.7. The third-order valence-electron chi connectivity index (χ3n) is 18.0. The van der Waals surface area contributed by atoms with Crippen molar-refractivity contribution >= 4 is 145 Å². The van der Waals surface area contributed by atoms with Crippen LogP contribution in [0.25, 0.3) is 0 Å². The van der Waals surface area contributed by atoms with Crippen molar-refractivity contribution in [3.05, 3.63) is 0 Å². The Balaban J connectivity index is 0.874. The first-order valence-corrected chi connectivity index (χ1v) is 33.4. The molecule has 0 aromatic carbocycles. The molecule has 0 amide bonds. The van der Waals surface area contributed by atoms with Crippen LogP contribution in [0.1, 0.15) is 77.0 Å². The smallest absolute Gasteiger partial charge is 0.317 e. The van der Waals surface area contributed by atoms with E-state index in [4.69, 9.17) is 47.4 Å². The van der Waals surface area contributed by atoms with Gasteiger partial charge in [0.15, 0.2) is 0 Å². The van der Waals surface area contributed by atoms with Gasteiger partial charge in [-0.2, -0.15) is 73.2 Å². The van der Waals surface area contributed by atoms with Gasteiger partial charge in [-0.3, -0.25) is 57.5 Å². The predicted molar refractivity (Wildman–Crippen MR) is 302 cm³/mol. The second-order valence-electron chi connectivity index (χ2n) is 23.4. The Morgan fingerprint density at radius 1 is 0.361 bits per heavy atom. The van der Waals surface area contributed by atoms with Crippen molar-refractivity contribution in [1.82, 2.24) is 0 Å². The first-order chi connectivity index (χ1) is 39.9. The fraction of sp³-hybridized carbons (Fsp3) is 0.782. The normalized spacial score (nSPS) is 31.9. The average Bonchev–Trinajstić information content (AvgIpc) is 1.99. The summed E-state index contributed by atoms with van der Waals surface area (Å²) in [6, 6.07) is 0. The fourth-order valence-corrected chi connectivity index (χ4v) is 19.2. The molecule has 6 saturated carbocycles. The SMILES string of the molecule is O=C(CCS)OCC(COCC(COC(=O)CCS)(COC(=O)CCSC1CC2CC1C1C(=O)OC(=O)C21)COC(=O)CCSC1CC2CC1C1C(=O)OC(=O)C21)(COC(=O)CCS)COC(=O)CCSC1CC2CC1C1C(=O)OC(=O)C21. The molecule has 0 spiro atoms. The molecule has 6 aliphatic carbocycles. The van der Waals surface area contributed by atoms with Crippen molar-refractivity contribution in [1.29, 1.82) is 0 Å². The molecular formula is C55H70O22S6. The van der Waals surface area contributed by atoms with E-state index in [9.17, 15) is 57.5 Å². The van der Waals surface area contributed by atoms with E-state index in [1.54, 1.807) is 0 Å². The van der Waals surface area contributed by atoms with Gasteiger partial charge in [0.05, 0.1) is 98.1 Å². The van der Waals surface area contributed by atoms with Crippen molar-refractivity contribution in [2.75, 3.05) is 87.4 Å². The molecule has 0 aromatic rings. The average molecular weight is 1280 g/mol. The van der Waals surface area contributed by atoms with E-state index in [2.05, 4.69) is 37.9 Å². The van der Waals surface area contributed by atoms with Gasteiger partial charge >= 0.3 is 71.6 Å². The Labute approximate surface area is 508 Å². The third kappa shape index (κ3) is 14.8. The molecule has 15 atom stereocenters. The topological polar surface area (TPSA) is 297 Å². The first-order valence-electron chi connectivity index (χ1n) is 28.3. The minimum Gasteiger partial charge on any atom is -0.465 e. The van der Waals surface area contributed by atoms with Crippen molar-refractivity contribution in [3.8, 4) is 0 Å². The van der Waals surface area contributed by atoms with Crippen LogP contribution in [0.3, 0.4) is 0 Å². The molecule has 83 heavy (non-hydrogen) atoms. The van der Waals surface area contributed by atoms with Crippen LogP contribution < -0.4 is 0 Å². The molecular weight excluding hydrogens is 1200 g/mol. The zero-order valence-electron chi connectivity index (χ0n) is 45.6. The van der Waals surface area contributed by atoms with E-state index in [1.807, 2.05) is 0 Å². The van der Waals surface area contributed by atoms with Gasteiger partial charge in [-0.05, 0) is 74.0 Å². The predicted octanol–water partition coefficient (Wildman–Crippen LogP) is 3.74. The number of esters is 12. The van der Waals surface area contributed by atoms with E-state index >= 15 is 0 Å². The number of ether oxygens (including phenoxy) is 10.